The molecule has 2 N–H and O–H groups in total. The first-order chi connectivity index (χ1) is 28.2. The van der Waals surface area contributed by atoms with Crippen molar-refractivity contribution in [1.29, 1.82) is 0 Å². The van der Waals surface area contributed by atoms with Gasteiger partial charge >= 0.3 is 0 Å². The Morgan fingerprint density at radius 1 is 0.638 bits per heavy atom. The lowest BCUT2D eigenvalue weighted by atomic mass is 10.0. The summed E-state index contributed by atoms with van der Waals surface area (Å²) in [4.78, 5) is 52.3. The van der Waals surface area contributed by atoms with E-state index in [1.165, 1.54) is 0 Å². The minimum absolute atomic E-state index is 0.0866. The second-order valence-electron chi connectivity index (χ2n) is 15.8. The Morgan fingerprint density at radius 3 is 1.50 bits per heavy atom. The van der Waals surface area contributed by atoms with Gasteiger partial charge in [0.2, 0.25) is 11.8 Å². The third-order valence-electron chi connectivity index (χ3n) is 11.5. The number of nitrogens with one attached hydrogen (secondary N) is 2. The molecular formula is C47H52N8O3. The van der Waals surface area contributed by atoms with E-state index in [2.05, 4.69) is 34.2 Å². The van der Waals surface area contributed by atoms with Crippen molar-refractivity contribution in [1.82, 2.24) is 39.5 Å². The number of carbonyl (C=O) groups excluding carboxylic acids is 2. The quantitative estimate of drug-likeness (QED) is 0.122. The lowest BCUT2D eigenvalue weighted by Crippen LogP contribution is -2.40. The highest BCUT2D eigenvalue weighted by atomic mass is 16.5. The van der Waals surface area contributed by atoms with E-state index >= 15 is 0 Å². The number of benzene rings is 4. The summed E-state index contributed by atoms with van der Waals surface area (Å²) < 4.78 is 6.17. The number of carbonyl (C=O) groups is 2. The van der Waals surface area contributed by atoms with Crippen LogP contribution < -0.4 is 4.74 Å². The zero-order valence-corrected chi connectivity index (χ0v) is 33.7. The van der Waals surface area contributed by atoms with E-state index < -0.39 is 0 Å². The molecule has 6 aromatic rings. The van der Waals surface area contributed by atoms with Crippen LogP contribution in [-0.4, -0.2) is 92.6 Å². The Kier molecular flexibility index (Phi) is 11.5. The van der Waals surface area contributed by atoms with Gasteiger partial charge in [0, 0.05) is 13.1 Å². The number of aromatic nitrogens is 4. The van der Waals surface area contributed by atoms with Crippen molar-refractivity contribution in [3.8, 4) is 28.3 Å². The van der Waals surface area contributed by atoms with Crippen molar-refractivity contribution in [3.63, 3.8) is 0 Å². The number of ether oxygens (including phenoxy) is 1. The van der Waals surface area contributed by atoms with Crippen LogP contribution >= 0.6 is 0 Å². The summed E-state index contributed by atoms with van der Waals surface area (Å²) in [5, 5.41) is 0. The second-order valence-corrected chi connectivity index (χ2v) is 15.8. The average Bonchev–Trinajstić information content (AvgIpc) is 4.08. The lowest BCUT2D eigenvalue weighted by molar-refractivity contribution is -0.138. The molecule has 58 heavy (non-hydrogen) atoms. The number of amides is 2. The summed E-state index contributed by atoms with van der Waals surface area (Å²) in [6, 6.07) is 35.4. The van der Waals surface area contributed by atoms with Crippen molar-refractivity contribution in [2.45, 2.75) is 56.5 Å². The number of imidazole rings is 2. The van der Waals surface area contributed by atoms with Crippen molar-refractivity contribution in [3.05, 3.63) is 150 Å². The number of nitrogens with zero attached hydrogens (tertiary/aromatic N) is 6. The molecule has 0 aliphatic carbocycles. The summed E-state index contributed by atoms with van der Waals surface area (Å²) in [6.45, 7) is 1.86. The molecule has 11 nitrogen and oxygen atoms in total. The van der Waals surface area contributed by atoms with Crippen molar-refractivity contribution in [2.75, 3.05) is 41.3 Å². The number of likely N-dealkylation sites (tertiary alicyclic amines) is 2. The standard InChI is InChI=1S/C47H52N8O3/c1-52(2)42(35-13-7-5-8-14-35)46(56)54-27-11-17-40(54)44-48-29-38(50-44)33-21-19-32(20-22-33)31-58-37-25-23-34(24-26-37)39-30-49-45(51-39)41-18-12-28-55(41)47(57)43(53(3)4)36-15-9-6-10-16-36/h5-10,13-16,19-26,29-30,40-43H,11-12,17-18,27-28,31H2,1-4H3,(H,48,50)(H,49,51)/t40-,41-,42+,43-/m0/s1. The van der Waals surface area contributed by atoms with Crippen LogP contribution in [0.5, 0.6) is 5.75 Å². The van der Waals surface area contributed by atoms with E-state index in [0.29, 0.717) is 19.7 Å². The summed E-state index contributed by atoms with van der Waals surface area (Å²) in [5.41, 5.74) is 6.88. The van der Waals surface area contributed by atoms with E-state index in [9.17, 15) is 9.59 Å². The molecule has 2 aromatic heterocycles. The molecule has 2 aliphatic rings. The third kappa shape index (κ3) is 8.19. The van der Waals surface area contributed by atoms with Crippen LogP contribution in [0.25, 0.3) is 22.5 Å². The molecule has 0 spiro atoms. The Balaban J connectivity index is 0.869. The molecule has 0 unspecified atom stereocenters. The average molecular weight is 777 g/mol. The Hall–Kier alpha value is -6.04. The zero-order valence-electron chi connectivity index (χ0n) is 33.7. The van der Waals surface area contributed by atoms with Gasteiger partial charge in [0.15, 0.2) is 0 Å². The number of hydrogen-bond donors (Lipinski definition) is 2. The summed E-state index contributed by atoms with van der Waals surface area (Å²) in [7, 11) is 7.82. The second kappa shape index (κ2) is 17.2. The van der Waals surface area contributed by atoms with Gasteiger partial charge in [-0.25, -0.2) is 9.97 Å². The summed E-state index contributed by atoms with van der Waals surface area (Å²) in [6.07, 6.45) is 7.35. The maximum Gasteiger partial charge on any atom is 0.245 e. The van der Waals surface area contributed by atoms with Gasteiger partial charge in [0.1, 0.15) is 36.1 Å². The van der Waals surface area contributed by atoms with Crippen LogP contribution in [0.2, 0.25) is 0 Å². The van der Waals surface area contributed by atoms with Gasteiger partial charge in [-0.3, -0.25) is 19.4 Å². The Bertz CT molecular complexity index is 2120. The zero-order chi connectivity index (χ0) is 40.2. The molecule has 0 radical (unpaired) electrons. The van der Waals surface area contributed by atoms with E-state index in [4.69, 9.17) is 14.7 Å². The van der Waals surface area contributed by atoms with E-state index in [1.807, 2.05) is 145 Å². The van der Waals surface area contributed by atoms with Gasteiger partial charge in [-0.2, -0.15) is 0 Å². The van der Waals surface area contributed by atoms with Crippen LogP contribution in [0, 0.1) is 0 Å². The molecule has 298 valence electrons. The molecule has 0 saturated carbocycles. The summed E-state index contributed by atoms with van der Waals surface area (Å²) in [5.74, 6) is 2.61. The van der Waals surface area contributed by atoms with Gasteiger partial charge < -0.3 is 24.5 Å². The molecule has 2 amide bonds. The number of aromatic amines is 2. The van der Waals surface area contributed by atoms with Gasteiger partial charge in [0.25, 0.3) is 0 Å². The topological polar surface area (TPSA) is 114 Å². The van der Waals surface area contributed by atoms with Crippen LogP contribution in [0.4, 0.5) is 0 Å². The number of H-pyrrole nitrogens is 2. The number of likely N-dealkylation sites (N-methyl/N-ethyl adjacent to an activating group) is 2. The third-order valence-corrected chi connectivity index (χ3v) is 11.5. The van der Waals surface area contributed by atoms with Crippen LogP contribution in [-0.2, 0) is 16.2 Å². The lowest BCUT2D eigenvalue weighted by Gasteiger charge is -2.31. The van der Waals surface area contributed by atoms with Crippen LogP contribution in [0.1, 0.15) is 78.2 Å². The van der Waals surface area contributed by atoms with Crippen molar-refractivity contribution >= 4 is 11.8 Å². The van der Waals surface area contributed by atoms with Crippen LogP contribution in [0.3, 0.4) is 0 Å². The monoisotopic (exact) mass is 776 g/mol. The largest absolute Gasteiger partial charge is 0.489 e. The van der Waals surface area contributed by atoms with Crippen molar-refractivity contribution < 1.29 is 14.3 Å². The van der Waals surface area contributed by atoms with Crippen LogP contribution in [0.15, 0.2) is 122 Å². The predicted octanol–water partition coefficient (Wildman–Crippen LogP) is 7.98. The first-order valence-electron chi connectivity index (χ1n) is 20.2. The number of rotatable bonds is 13. The fourth-order valence-corrected chi connectivity index (χ4v) is 8.52. The van der Waals surface area contributed by atoms with E-state index in [1.54, 1.807) is 0 Å². The highest BCUT2D eigenvalue weighted by Crippen LogP contribution is 2.37. The minimum Gasteiger partial charge on any atom is -0.489 e. The summed E-state index contributed by atoms with van der Waals surface area (Å²) >= 11 is 0. The number of hydrogen-bond acceptors (Lipinski definition) is 7. The predicted molar refractivity (Wildman–Crippen MR) is 225 cm³/mol. The maximum absolute atomic E-state index is 13.9. The Labute approximate surface area is 340 Å². The van der Waals surface area contributed by atoms with Gasteiger partial charge in [-0.1, -0.05) is 84.9 Å². The molecule has 4 heterocycles. The molecule has 4 atom stereocenters. The molecule has 0 bridgehead atoms. The molecule has 2 aliphatic heterocycles. The molecule has 8 rings (SSSR count). The first-order valence-corrected chi connectivity index (χ1v) is 20.2. The molecule has 4 aromatic carbocycles. The van der Waals surface area contributed by atoms with Crippen molar-refractivity contribution in [2.24, 2.45) is 0 Å². The fraction of sp³-hybridized carbons (Fsp3) is 0.319. The van der Waals surface area contributed by atoms with E-state index in [-0.39, 0.29) is 36.0 Å². The maximum atomic E-state index is 13.9. The molecule has 2 fully saturated rings. The van der Waals surface area contributed by atoms with Gasteiger partial charge in [-0.05, 0) is 106 Å². The molecular weight excluding hydrogens is 725 g/mol. The molecule has 2 saturated heterocycles. The smallest absolute Gasteiger partial charge is 0.245 e. The fourth-order valence-electron chi connectivity index (χ4n) is 8.52. The molecule has 11 heteroatoms. The SMILES string of the molecule is CN(C)[C@H](C(=O)N1CCC[C@H]1c1ncc(-c2ccc(OCc3ccc(-c4cnc([C@@H]5CCCN5C(=O)[C@@H](c5ccccc5)N(C)C)[nH]4)cc3)cc2)[nH]1)c1ccccc1. The first kappa shape index (κ1) is 38.8. The van der Waals surface area contributed by atoms with Gasteiger partial charge in [0.05, 0.1) is 35.9 Å². The van der Waals surface area contributed by atoms with E-state index in [0.717, 1.165) is 82.3 Å². The normalized spacial score (nSPS) is 17.9. The highest BCUT2D eigenvalue weighted by Gasteiger charge is 2.38. The minimum atomic E-state index is -0.346. The Morgan fingerprint density at radius 2 is 1.07 bits per heavy atom. The van der Waals surface area contributed by atoms with Gasteiger partial charge in [-0.15, -0.1) is 0 Å². The highest BCUT2D eigenvalue weighted by molar-refractivity contribution is 5.84.